The van der Waals surface area contributed by atoms with Gasteiger partial charge in [-0.15, -0.1) is 0 Å². The number of halogens is 1. The average Bonchev–Trinajstić information content (AvgIpc) is 3.21. The van der Waals surface area contributed by atoms with Crippen molar-refractivity contribution in [3.05, 3.63) is 58.9 Å². The SMILES string of the molecule is CCN(Cc1nc(-c2ccc(OC)c(OC)c2)no1)C(=O)Cc1ccc(Cl)cc1. The van der Waals surface area contributed by atoms with E-state index in [9.17, 15) is 4.79 Å². The highest BCUT2D eigenvalue weighted by Gasteiger charge is 2.18. The van der Waals surface area contributed by atoms with Gasteiger partial charge >= 0.3 is 0 Å². The van der Waals surface area contributed by atoms with Crippen LogP contribution in [0.1, 0.15) is 18.4 Å². The zero-order valence-electron chi connectivity index (χ0n) is 16.5. The second-order valence-electron chi connectivity index (χ2n) is 6.29. The maximum absolute atomic E-state index is 12.6. The molecule has 1 aromatic heterocycles. The number of methoxy groups -OCH3 is 2. The molecule has 0 radical (unpaired) electrons. The molecule has 0 saturated heterocycles. The van der Waals surface area contributed by atoms with E-state index in [1.165, 1.54) is 0 Å². The predicted molar refractivity (Wildman–Crippen MR) is 109 cm³/mol. The molecule has 3 aromatic rings. The molecule has 152 valence electrons. The highest BCUT2D eigenvalue weighted by Crippen LogP contribution is 2.31. The lowest BCUT2D eigenvalue weighted by molar-refractivity contribution is -0.131. The third-order valence-electron chi connectivity index (χ3n) is 4.44. The maximum atomic E-state index is 12.6. The number of hydrogen-bond acceptors (Lipinski definition) is 6. The molecule has 0 spiro atoms. The lowest BCUT2D eigenvalue weighted by Gasteiger charge is -2.18. The fourth-order valence-electron chi connectivity index (χ4n) is 2.84. The minimum atomic E-state index is -0.0271. The van der Waals surface area contributed by atoms with Crippen LogP contribution in [0.15, 0.2) is 47.0 Å². The Morgan fingerprint density at radius 2 is 1.83 bits per heavy atom. The molecule has 8 heteroatoms. The lowest BCUT2D eigenvalue weighted by atomic mass is 10.1. The minimum Gasteiger partial charge on any atom is -0.493 e. The number of benzene rings is 2. The van der Waals surface area contributed by atoms with E-state index in [0.717, 1.165) is 11.1 Å². The van der Waals surface area contributed by atoms with Crippen LogP contribution in [0.5, 0.6) is 11.5 Å². The summed E-state index contributed by atoms with van der Waals surface area (Å²) in [4.78, 5) is 18.7. The molecule has 1 amide bonds. The number of likely N-dealkylation sites (N-methyl/N-ethyl adjacent to an activating group) is 1. The van der Waals surface area contributed by atoms with E-state index < -0.39 is 0 Å². The van der Waals surface area contributed by atoms with Crippen molar-refractivity contribution in [2.75, 3.05) is 20.8 Å². The van der Waals surface area contributed by atoms with Crippen molar-refractivity contribution in [3.8, 4) is 22.9 Å². The van der Waals surface area contributed by atoms with Gasteiger partial charge in [0.1, 0.15) is 0 Å². The van der Waals surface area contributed by atoms with Crippen LogP contribution < -0.4 is 9.47 Å². The van der Waals surface area contributed by atoms with Crippen molar-refractivity contribution in [2.24, 2.45) is 0 Å². The highest BCUT2D eigenvalue weighted by molar-refractivity contribution is 6.30. The number of hydrogen-bond donors (Lipinski definition) is 0. The number of ether oxygens (including phenoxy) is 2. The second kappa shape index (κ2) is 9.43. The Labute approximate surface area is 174 Å². The Balaban J connectivity index is 1.70. The molecule has 0 N–H and O–H groups in total. The Morgan fingerprint density at radius 1 is 1.10 bits per heavy atom. The van der Waals surface area contributed by atoms with Crippen LogP contribution >= 0.6 is 11.6 Å². The number of nitrogens with zero attached hydrogens (tertiary/aromatic N) is 3. The summed E-state index contributed by atoms with van der Waals surface area (Å²) in [5, 5.41) is 4.66. The third-order valence-corrected chi connectivity index (χ3v) is 4.69. The Morgan fingerprint density at radius 3 is 2.48 bits per heavy atom. The van der Waals surface area contributed by atoms with E-state index in [1.807, 2.05) is 25.1 Å². The van der Waals surface area contributed by atoms with Gasteiger partial charge in [0.2, 0.25) is 17.6 Å². The summed E-state index contributed by atoms with van der Waals surface area (Å²) in [7, 11) is 3.14. The first-order valence-electron chi connectivity index (χ1n) is 9.11. The molecular weight excluding hydrogens is 394 g/mol. The van der Waals surface area contributed by atoms with Gasteiger partial charge in [-0.2, -0.15) is 4.98 Å². The van der Waals surface area contributed by atoms with Crippen LogP contribution in [-0.2, 0) is 17.8 Å². The zero-order chi connectivity index (χ0) is 20.8. The maximum Gasteiger partial charge on any atom is 0.246 e. The standard InChI is InChI=1S/C21H22ClN3O4/c1-4-25(20(26)11-14-5-8-16(22)9-6-14)13-19-23-21(24-29-19)15-7-10-17(27-2)18(12-15)28-3/h5-10,12H,4,11,13H2,1-3H3. The van der Waals surface area contributed by atoms with Gasteiger partial charge in [0.15, 0.2) is 11.5 Å². The average molecular weight is 416 g/mol. The van der Waals surface area contributed by atoms with Crippen molar-refractivity contribution in [1.29, 1.82) is 0 Å². The van der Waals surface area contributed by atoms with E-state index in [2.05, 4.69) is 10.1 Å². The molecule has 0 fully saturated rings. The fraction of sp³-hybridized carbons (Fsp3) is 0.286. The van der Waals surface area contributed by atoms with Gasteiger partial charge in [0.25, 0.3) is 0 Å². The summed E-state index contributed by atoms with van der Waals surface area (Å²) in [5.74, 6) is 1.94. The molecule has 29 heavy (non-hydrogen) atoms. The van der Waals surface area contributed by atoms with Gasteiger partial charge in [0, 0.05) is 17.1 Å². The first kappa shape index (κ1) is 20.7. The van der Waals surface area contributed by atoms with E-state index in [0.29, 0.717) is 34.8 Å². The Bertz CT molecular complexity index is 972. The Kier molecular flexibility index (Phi) is 6.72. The molecule has 0 aliphatic heterocycles. The molecule has 0 aliphatic carbocycles. The first-order chi connectivity index (χ1) is 14.0. The van der Waals surface area contributed by atoms with Crippen LogP contribution in [0, 0.1) is 0 Å². The summed E-state index contributed by atoms with van der Waals surface area (Å²) in [6, 6.07) is 12.6. The van der Waals surface area contributed by atoms with Gasteiger partial charge in [-0.25, -0.2) is 0 Å². The quantitative estimate of drug-likeness (QED) is 0.553. The van der Waals surface area contributed by atoms with E-state index in [4.69, 9.17) is 25.6 Å². The molecule has 3 rings (SSSR count). The van der Waals surface area contributed by atoms with Crippen LogP contribution in [0.25, 0.3) is 11.4 Å². The summed E-state index contributed by atoms with van der Waals surface area (Å²) < 4.78 is 15.9. The molecule has 0 aliphatic rings. The van der Waals surface area contributed by atoms with Gasteiger partial charge in [0.05, 0.1) is 27.2 Å². The topological polar surface area (TPSA) is 77.7 Å². The molecule has 0 bridgehead atoms. The van der Waals surface area contributed by atoms with E-state index in [-0.39, 0.29) is 18.9 Å². The molecular formula is C21H22ClN3O4. The van der Waals surface area contributed by atoms with E-state index in [1.54, 1.807) is 43.4 Å². The first-order valence-corrected chi connectivity index (χ1v) is 9.49. The van der Waals surface area contributed by atoms with E-state index >= 15 is 0 Å². The molecule has 0 atom stereocenters. The van der Waals surface area contributed by atoms with Gasteiger partial charge in [-0.05, 0) is 42.8 Å². The van der Waals surface area contributed by atoms with Crippen LogP contribution in [0.2, 0.25) is 5.02 Å². The summed E-state index contributed by atoms with van der Waals surface area (Å²) in [6.07, 6.45) is 0.279. The lowest BCUT2D eigenvalue weighted by Crippen LogP contribution is -2.31. The van der Waals surface area contributed by atoms with Crippen LogP contribution in [0.4, 0.5) is 0 Å². The molecule has 1 heterocycles. The van der Waals surface area contributed by atoms with Crippen molar-refractivity contribution in [2.45, 2.75) is 19.9 Å². The molecule has 0 saturated carbocycles. The van der Waals surface area contributed by atoms with Gasteiger partial charge in [-0.1, -0.05) is 28.9 Å². The van der Waals surface area contributed by atoms with Crippen molar-refractivity contribution >= 4 is 17.5 Å². The number of aromatic nitrogens is 2. The number of carbonyl (C=O) groups is 1. The summed E-state index contributed by atoms with van der Waals surface area (Å²) >= 11 is 5.90. The number of amides is 1. The van der Waals surface area contributed by atoms with Gasteiger partial charge in [-0.3, -0.25) is 4.79 Å². The molecule has 7 nitrogen and oxygen atoms in total. The Hall–Kier alpha value is -3.06. The van der Waals surface area contributed by atoms with Crippen molar-refractivity contribution in [3.63, 3.8) is 0 Å². The highest BCUT2D eigenvalue weighted by atomic mass is 35.5. The number of rotatable bonds is 8. The van der Waals surface area contributed by atoms with Crippen LogP contribution in [-0.4, -0.2) is 41.7 Å². The molecule has 0 unspecified atom stereocenters. The zero-order valence-corrected chi connectivity index (χ0v) is 17.3. The largest absolute Gasteiger partial charge is 0.493 e. The number of carbonyl (C=O) groups excluding carboxylic acids is 1. The monoisotopic (exact) mass is 415 g/mol. The normalized spacial score (nSPS) is 10.6. The third kappa shape index (κ3) is 5.06. The summed E-state index contributed by atoms with van der Waals surface area (Å²) in [6.45, 7) is 2.68. The van der Waals surface area contributed by atoms with Crippen molar-refractivity contribution < 1.29 is 18.8 Å². The van der Waals surface area contributed by atoms with Crippen LogP contribution in [0.3, 0.4) is 0 Å². The predicted octanol–water partition coefficient (Wildman–Crippen LogP) is 4.00. The molecule has 2 aromatic carbocycles. The van der Waals surface area contributed by atoms with Gasteiger partial charge < -0.3 is 18.9 Å². The fourth-order valence-corrected chi connectivity index (χ4v) is 2.97. The summed E-state index contributed by atoms with van der Waals surface area (Å²) in [5.41, 5.74) is 1.63. The smallest absolute Gasteiger partial charge is 0.246 e. The second-order valence-corrected chi connectivity index (χ2v) is 6.73. The van der Waals surface area contributed by atoms with Crippen molar-refractivity contribution in [1.82, 2.24) is 15.0 Å². The minimum absolute atomic E-state index is 0.0271.